The number of rotatable bonds is 6. The average Bonchev–Trinajstić information content (AvgIpc) is 2.03. The molecule has 0 aliphatic heterocycles. The van der Waals surface area contributed by atoms with Crippen molar-refractivity contribution in [1.29, 1.82) is 0 Å². The fourth-order valence-electron chi connectivity index (χ4n) is 0.848. The van der Waals surface area contributed by atoms with E-state index >= 15 is 0 Å². The number of carbonyl (C=O) groups is 1. The number of hydrogen-bond donors (Lipinski definition) is 1. The summed E-state index contributed by atoms with van der Waals surface area (Å²) < 4.78 is 10.4. The maximum atomic E-state index is 10.2. The van der Waals surface area contributed by atoms with Gasteiger partial charge in [0.05, 0.1) is 0 Å². The van der Waals surface area contributed by atoms with E-state index in [9.17, 15) is 4.79 Å². The second kappa shape index (κ2) is 5.29. The fourth-order valence-corrected chi connectivity index (χ4v) is 2.24. The molecule has 0 unspecified atom stereocenters. The standard InChI is InChI=1S/C7H16O4Si/c1-10-12(3,11-2)6-4-5-7(8)9/h4-6H2,1-3H3,(H,8,9). The van der Waals surface area contributed by atoms with E-state index in [-0.39, 0.29) is 6.42 Å². The van der Waals surface area contributed by atoms with Crippen molar-refractivity contribution in [3.8, 4) is 0 Å². The van der Waals surface area contributed by atoms with Gasteiger partial charge in [-0.05, 0) is 19.0 Å². The lowest BCUT2D eigenvalue weighted by atomic mass is 10.3. The van der Waals surface area contributed by atoms with Crippen molar-refractivity contribution in [3.63, 3.8) is 0 Å². The zero-order valence-electron chi connectivity index (χ0n) is 7.79. The van der Waals surface area contributed by atoms with Crippen molar-refractivity contribution in [2.24, 2.45) is 0 Å². The van der Waals surface area contributed by atoms with Gasteiger partial charge < -0.3 is 14.0 Å². The van der Waals surface area contributed by atoms with Crippen molar-refractivity contribution in [2.75, 3.05) is 14.2 Å². The van der Waals surface area contributed by atoms with E-state index in [0.29, 0.717) is 6.42 Å². The van der Waals surface area contributed by atoms with Gasteiger partial charge in [0.2, 0.25) is 0 Å². The molecule has 72 valence electrons. The van der Waals surface area contributed by atoms with Crippen LogP contribution in [0.15, 0.2) is 0 Å². The zero-order chi connectivity index (χ0) is 9.61. The largest absolute Gasteiger partial charge is 0.481 e. The Labute approximate surface area is 73.7 Å². The number of carboxylic acids is 1. The van der Waals surface area contributed by atoms with E-state index in [1.807, 2.05) is 6.55 Å². The topological polar surface area (TPSA) is 55.8 Å². The molecule has 1 N–H and O–H groups in total. The first-order valence-corrected chi connectivity index (χ1v) is 6.38. The summed E-state index contributed by atoms with van der Waals surface area (Å²) in [7, 11) is 1.19. The molecule has 0 spiro atoms. The summed E-state index contributed by atoms with van der Waals surface area (Å²) in [5, 5.41) is 8.39. The molecule has 0 saturated heterocycles. The van der Waals surface area contributed by atoms with Crippen molar-refractivity contribution in [3.05, 3.63) is 0 Å². The quantitative estimate of drug-likeness (QED) is 0.643. The van der Waals surface area contributed by atoms with Crippen LogP contribution < -0.4 is 0 Å². The molecule has 0 aliphatic rings. The molecule has 5 heteroatoms. The molecule has 0 amide bonds. The highest BCUT2D eigenvalue weighted by atomic mass is 28.4. The van der Waals surface area contributed by atoms with Gasteiger partial charge in [0.25, 0.3) is 0 Å². The van der Waals surface area contributed by atoms with Crippen LogP contribution in [0.1, 0.15) is 12.8 Å². The van der Waals surface area contributed by atoms with Gasteiger partial charge in [-0.2, -0.15) is 0 Å². The van der Waals surface area contributed by atoms with Gasteiger partial charge in [-0.1, -0.05) is 0 Å². The minimum Gasteiger partial charge on any atom is -0.481 e. The molecule has 0 heterocycles. The number of aliphatic carboxylic acids is 1. The molecular weight excluding hydrogens is 176 g/mol. The molecule has 4 nitrogen and oxygen atoms in total. The molecule has 0 rings (SSSR count). The number of carboxylic acid groups (broad SMARTS) is 1. The predicted octanol–water partition coefficient (Wildman–Crippen LogP) is 1.22. The smallest absolute Gasteiger partial charge is 0.334 e. The van der Waals surface area contributed by atoms with Crippen LogP contribution in [0.25, 0.3) is 0 Å². The molecule has 0 atom stereocenters. The van der Waals surface area contributed by atoms with Crippen molar-refractivity contribution < 1.29 is 18.8 Å². The second-order valence-corrected chi connectivity index (χ2v) is 6.37. The third-order valence-electron chi connectivity index (χ3n) is 1.89. The predicted molar refractivity (Wildman–Crippen MR) is 47.3 cm³/mol. The summed E-state index contributed by atoms with van der Waals surface area (Å²) >= 11 is 0. The van der Waals surface area contributed by atoms with Gasteiger partial charge in [-0.25, -0.2) is 0 Å². The summed E-state index contributed by atoms with van der Waals surface area (Å²) in [6.45, 7) is 1.93. The van der Waals surface area contributed by atoms with Crippen LogP contribution in [-0.2, 0) is 13.6 Å². The third kappa shape index (κ3) is 4.48. The van der Waals surface area contributed by atoms with Crippen LogP contribution in [0.4, 0.5) is 0 Å². The summed E-state index contributed by atoms with van der Waals surface area (Å²) in [4.78, 5) is 10.2. The Morgan fingerprint density at radius 1 is 1.42 bits per heavy atom. The second-order valence-electron chi connectivity index (χ2n) is 2.79. The molecule has 0 aromatic heterocycles. The Balaban J connectivity index is 3.65. The van der Waals surface area contributed by atoms with Gasteiger partial charge in [0.15, 0.2) is 0 Å². The maximum Gasteiger partial charge on any atom is 0.334 e. The summed E-state index contributed by atoms with van der Waals surface area (Å²) in [6.07, 6.45) is 0.815. The Morgan fingerprint density at radius 2 is 1.92 bits per heavy atom. The Hall–Kier alpha value is -0.393. The monoisotopic (exact) mass is 192 g/mol. The third-order valence-corrected chi connectivity index (χ3v) is 4.87. The first-order valence-electron chi connectivity index (χ1n) is 3.86. The van der Waals surface area contributed by atoms with Crippen molar-refractivity contribution in [2.45, 2.75) is 25.4 Å². The lowest BCUT2D eigenvalue weighted by molar-refractivity contribution is -0.137. The molecule has 0 aromatic carbocycles. The Morgan fingerprint density at radius 3 is 2.25 bits per heavy atom. The minimum atomic E-state index is -2.03. The van der Waals surface area contributed by atoms with E-state index in [0.717, 1.165) is 6.04 Å². The highest BCUT2D eigenvalue weighted by Crippen LogP contribution is 2.14. The van der Waals surface area contributed by atoms with Gasteiger partial charge in [-0.15, -0.1) is 0 Å². The summed E-state index contributed by atoms with van der Waals surface area (Å²) in [5.41, 5.74) is 0. The SMILES string of the molecule is CO[Si](C)(CCCC(=O)O)OC. The highest BCUT2D eigenvalue weighted by molar-refractivity contribution is 6.65. The molecule has 0 aliphatic carbocycles. The van der Waals surface area contributed by atoms with E-state index in [1.54, 1.807) is 14.2 Å². The van der Waals surface area contributed by atoms with Gasteiger partial charge in [0.1, 0.15) is 0 Å². The lowest BCUT2D eigenvalue weighted by Gasteiger charge is -2.21. The van der Waals surface area contributed by atoms with Crippen LogP contribution >= 0.6 is 0 Å². The zero-order valence-corrected chi connectivity index (χ0v) is 8.79. The van der Waals surface area contributed by atoms with Crippen LogP contribution in [0, 0.1) is 0 Å². The number of hydrogen-bond acceptors (Lipinski definition) is 3. The van der Waals surface area contributed by atoms with E-state index < -0.39 is 14.5 Å². The van der Waals surface area contributed by atoms with Crippen LogP contribution in [0.5, 0.6) is 0 Å². The molecule has 0 radical (unpaired) electrons. The molecule has 0 saturated carbocycles. The van der Waals surface area contributed by atoms with Crippen molar-refractivity contribution in [1.82, 2.24) is 0 Å². The van der Waals surface area contributed by atoms with Crippen LogP contribution in [0.3, 0.4) is 0 Å². The molecule has 0 fully saturated rings. The fraction of sp³-hybridized carbons (Fsp3) is 0.857. The molecule has 12 heavy (non-hydrogen) atoms. The molecular formula is C7H16O4Si. The first kappa shape index (κ1) is 11.6. The van der Waals surface area contributed by atoms with Gasteiger partial charge in [0, 0.05) is 20.6 Å². The Kier molecular flexibility index (Phi) is 5.11. The van der Waals surface area contributed by atoms with E-state index in [1.165, 1.54) is 0 Å². The normalized spacial score (nSPS) is 11.6. The van der Waals surface area contributed by atoms with E-state index in [4.69, 9.17) is 14.0 Å². The van der Waals surface area contributed by atoms with Crippen LogP contribution in [-0.4, -0.2) is 33.9 Å². The van der Waals surface area contributed by atoms with Crippen LogP contribution in [0.2, 0.25) is 12.6 Å². The summed E-state index contributed by atoms with van der Waals surface area (Å²) in [6, 6.07) is 0.728. The lowest BCUT2D eigenvalue weighted by Crippen LogP contribution is -2.35. The average molecular weight is 192 g/mol. The van der Waals surface area contributed by atoms with E-state index in [2.05, 4.69) is 0 Å². The first-order chi connectivity index (χ1) is 5.54. The van der Waals surface area contributed by atoms with Gasteiger partial charge in [-0.3, -0.25) is 4.79 Å². The minimum absolute atomic E-state index is 0.190. The summed E-state index contributed by atoms with van der Waals surface area (Å²) in [5.74, 6) is -0.765. The molecule has 0 bridgehead atoms. The van der Waals surface area contributed by atoms with Gasteiger partial charge >= 0.3 is 14.5 Å². The Bertz CT molecular complexity index is 144. The molecule has 0 aromatic rings. The highest BCUT2D eigenvalue weighted by Gasteiger charge is 2.27. The van der Waals surface area contributed by atoms with Crippen molar-refractivity contribution >= 4 is 14.5 Å². The maximum absolute atomic E-state index is 10.2.